The molecule has 1 rings (SSSR count). The van der Waals surface area contributed by atoms with Gasteiger partial charge in [-0.3, -0.25) is 9.69 Å². The van der Waals surface area contributed by atoms with Gasteiger partial charge in [-0.25, -0.2) is 4.79 Å². The highest BCUT2D eigenvalue weighted by atomic mass is 16.5. The molecule has 3 N–H and O–H groups in total. The summed E-state index contributed by atoms with van der Waals surface area (Å²) in [5.41, 5.74) is 8.53. The zero-order valence-corrected chi connectivity index (χ0v) is 13.0. The molecule has 0 saturated heterocycles. The van der Waals surface area contributed by atoms with E-state index in [1.807, 2.05) is 32.9 Å². The largest absolute Gasteiger partial charge is 0.473 e. The summed E-state index contributed by atoms with van der Waals surface area (Å²) in [5, 5.41) is 2.56. The van der Waals surface area contributed by atoms with Crippen LogP contribution in [0.2, 0.25) is 0 Å². The van der Waals surface area contributed by atoms with Crippen LogP contribution in [0.15, 0.2) is 12.1 Å². The molecule has 0 spiro atoms. The van der Waals surface area contributed by atoms with Gasteiger partial charge < -0.3 is 15.8 Å². The third-order valence-corrected chi connectivity index (χ3v) is 3.29. The number of nitrogens with one attached hydrogen (secondary N) is 1. The zero-order chi connectivity index (χ0) is 16.0. The lowest BCUT2D eigenvalue weighted by molar-refractivity contribution is -0.125. The Morgan fingerprint density at radius 2 is 1.86 bits per heavy atom. The van der Waals surface area contributed by atoms with E-state index < -0.39 is 6.03 Å². The van der Waals surface area contributed by atoms with Gasteiger partial charge in [0.15, 0.2) is 6.73 Å². The number of amides is 3. The van der Waals surface area contributed by atoms with E-state index in [1.165, 1.54) is 6.92 Å². The Bertz CT molecular complexity index is 529. The van der Waals surface area contributed by atoms with Crippen LogP contribution in [0, 0.1) is 20.8 Å². The number of carbonyl (C=O) groups is 2. The number of benzene rings is 1. The quantitative estimate of drug-likeness (QED) is 0.805. The fraction of sp³-hybridized carbons (Fsp3) is 0.467. The second kappa shape index (κ2) is 7.64. The molecule has 0 heterocycles. The van der Waals surface area contributed by atoms with Crippen molar-refractivity contribution in [3.63, 3.8) is 0 Å². The molecule has 0 radical (unpaired) electrons. The minimum absolute atomic E-state index is 0.00167. The first-order valence-electron chi connectivity index (χ1n) is 6.84. The number of ether oxygens (including phenoxy) is 1. The Labute approximate surface area is 125 Å². The first-order valence-corrected chi connectivity index (χ1v) is 6.84. The number of imide groups is 1. The van der Waals surface area contributed by atoms with Crippen molar-refractivity contribution in [3.05, 3.63) is 28.8 Å². The molecule has 0 aliphatic heterocycles. The van der Waals surface area contributed by atoms with Crippen LogP contribution in [-0.4, -0.2) is 36.7 Å². The lowest BCUT2D eigenvalue weighted by atomic mass is 10.1. The van der Waals surface area contributed by atoms with Crippen LogP contribution in [0.1, 0.15) is 23.6 Å². The third kappa shape index (κ3) is 4.46. The van der Waals surface area contributed by atoms with Gasteiger partial charge in [-0.1, -0.05) is 12.1 Å². The Morgan fingerprint density at radius 1 is 1.24 bits per heavy atom. The smallest absolute Gasteiger partial charge is 0.326 e. The van der Waals surface area contributed by atoms with E-state index in [-0.39, 0.29) is 25.7 Å². The summed E-state index contributed by atoms with van der Waals surface area (Å²) in [6.45, 7) is 7.64. The van der Waals surface area contributed by atoms with Crippen molar-refractivity contribution in [1.82, 2.24) is 10.2 Å². The van der Waals surface area contributed by atoms with Crippen LogP contribution in [0.25, 0.3) is 0 Å². The van der Waals surface area contributed by atoms with Gasteiger partial charge in [0.25, 0.3) is 0 Å². The molecular weight excluding hydrogens is 270 g/mol. The standard InChI is InChI=1S/C15H23N3O3/c1-10-5-6-11(2)14(12(10)3)21-9-17-15(20)18(8-7-16)13(4)19/h5-6H,7-9,16H2,1-4H3,(H,17,20). The molecule has 116 valence electrons. The van der Waals surface area contributed by atoms with Gasteiger partial charge in [0.1, 0.15) is 5.75 Å². The maximum atomic E-state index is 11.9. The maximum absolute atomic E-state index is 11.9. The molecule has 0 unspecified atom stereocenters. The maximum Gasteiger partial charge on any atom is 0.326 e. The summed E-state index contributed by atoms with van der Waals surface area (Å²) in [6.07, 6.45) is 0. The van der Waals surface area contributed by atoms with Gasteiger partial charge in [-0.2, -0.15) is 0 Å². The molecule has 0 aliphatic rings. The highest BCUT2D eigenvalue weighted by Gasteiger charge is 2.16. The first-order chi connectivity index (χ1) is 9.88. The number of carbonyl (C=O) groups excluding carboxylic acids is 2. The van der Waals surface area contributed by atoms with Crippen molar-refractivity contribution in [1.29, 1.82) is 0 Å². The summed E-state index contributed by atoms with van der Waals surface area (Å²) in [6, 6.07) is 3.49. The van der Waals surface area contributed by atoms with E-state index in [0.717, 1.165) is 27.3 Å². The molecule has 0 fully saturated rings. The van der Waals surface area contributed by atoms with Gasteiger partial charge >= 0.3 is 6.03 Å². The first kappa shape index (κ1) is 17.0. The van der Waals surface area contributed by atoms with Crippen molar-refractivity contribution in [2.45, 2.75) is 27.7 Å². The lowest BCUT2D eigenvalue weighted by Crippen LogP contribution is -2.46. The van der Waals surface area contributed by atoms with Crippen molar-refractivity contribution < 1.29 is 14.3 Å². The number of urea groups is 1. The number of aryl methyl sites for hydroxylation is 2. The summed E-state index contributed by atoms with van der Waals surface area (Å²) in [7, 11) is 0. The molecular formula is C15H23N3O3. The summed E-state index contributed by atoms with van der Waals surface area (Å²) >= 11 is 0. The molecule has 0 saturated carbocycles. The van der Waals surface area contributed by atoms with E-state index in [2.05, 4.69) is 5.32 Å². The fourth-order valence-electron chi connectivity index (χ4n) is 1.94. The van der Waals surface area contributed by atoms with E-state index >= 15 is 0 Å². The second-order valence-corrected chi connectivity index (χ2v) is 4.88. The predicted octanol–water partition coefficient (Wildman–Crippen LogP) is 1.46. The SMILES string of the molecule is CC(=O)N(CCN)C(=O)NCOc1c(C)ccc(C)c1C. The van der Waals surface area contributed by atoms with Crippen molar-refractivity contribution in [2.75, 3.05) is 19.8 Å². The van der Waals surface area contributed by atoms with Gasteiger partial charge in [0.2, 0.25) is 5.91 Å². The molecule has 0 atom stereocenters. The summed E-state index contributed by atoms with van der Waals surface area (Å²) in [4.78, 5) is 24.2. The highest BCUT2D eigenvalue weighted by Crippen LogP contribution is 2.25. The Morgan fingerprint density at radius 3 is 2.43 bits per heavy atom. The molecule has 1 aromatic carbocycles. The van der Waals surface area contributed by atoms with Crippen LogP contribution in [-0.2, 0) is 4.79 Å². The van der Waals surface area contributed by atoms with E-state index in [1.54, 1.807) is 0 Å². The Balaban J connectivity index is 2.63. The number of nitrogens with two attached hydrogens (primary N) is 1. The van der Waals surface area contributed by atoms with E-state index in [9.17, 15) is 9.59 Å². The fourth-order valence-corrected chi connectivity index (χ4v) is 1.94. The third-order valence-electron chi connectivity index (χ3n) is 3.29. The number of hydrogen-bond acceptors (Lipinski definition) is 4. The van der Waals surface area contributed by atoms with Crippen molar-refractivity contribution in [3.8, 4) is 5.75 Å². The number of nitrogens with zero attached hydrogens (tertiary/aromatic N) is 1. The monoisotopic (exact) mass is 293 g/mol. The zero-order valence-electron chi connectivity index (χ0n) is 13.0. The molecule has 0 aromatic heterocycles. The predicted molar refractivity (Wildman–Crippen MR) is 81.1 cm³/mol. The topological polar surface area (TPSA) is 84.7 Å². The molecule has 3 amide bonds. The molecule has 0 bridgehead atoms. The van der Waals surface area contributed by atoms with Crippen LogP contribution < -0.4 is 15.8 Å². The summed E-state index contributed by atoms with van der Waals surface area (Å²) < 4.78 is 5.63. The van der Waals surface area contributed by atoms with E-state index in [4.69, 9.17) is 10.5 Å². The van der Waals surface area contributed by atoms with Crippen LogP contribution in [0.4, 0.5) is 4.79 Å². The van der Waals surface area contributed by atoms with Crippen molar-refractivity contribution in [2.24, 2.45) is 5.73 Å². The molecule has 21 heavy (non-hydrogen) atoms. The molecule has 0 aliphatic carbocycles. The van der Waals surface area contributed by atoms with E-state index in [0.29, 0.717) is 0 Å². The van der Waals surface area contributed by atoms with Gasteiger partial charge in [0.05, 0.1) is 0 Å². The average molecular weight is 293 g/mol. The van der Waals surface area contributed by atoms with Gasteiger partial charge in [-0.15, -0.1) is 0 Å². The van der Waals surface area contributed by atoms with Crippen LogP contribution in [0.3, 0.4) is 0 Å². The molecule has 6 heteroatoms. The molecule has 1 aromatic rings. The average Bonchev–Trinajstić information content (AvgIpc) is 2.43. The highest BCUT2D eigenvalue weighted by molar-refractivity contribution is 5.93. The van der Waals surface area contributed by atoms with Gasteiger partial charge in [-0.05, 0) is 37.5 Å². The second-order valence-electron chi connectivity index (χ2n) is 4.88. The Kier molecular flexibility index (Phi) is 6.17. The van der Waals surface area contributed by atoms with Gasteiger partial charge in [0, 0.05) is 20.0 Å². The van der Waals surface area contributed by atoms with Crippen molar-refractivity contribution >= 4 is 11.9 Å². The minimum Gasteiger partial charge on any atom is -0.473 e. The van der Waals surface area contributed by atoms with Crippen LogP contribution >= 0.6 is 0 Å². The molecule has 6 nitrogen and oxygen atoms in total. The van der Waals surface area contributed by atoms with Crippen LogP contribution in [0.5, 0.6) is 5.75 Å². The minimum atomic E-state index is -0.504. The lowest BCUT2D eigenvalue weighted by Gasteiger charge is -2.20. The number of rotatable bonds is 5. The Hall–Kier alpha value is -2.08. The number of hydrogen-bond donors (Lipinski definition) is 2. The summed E-state index contributed by atoms with van der Waals surface area (Å²) in [5.74, 6) is 0.407. The normalized spacial score (nSPS) is 10.1.